The van der Waals surface area contributed by atoms with E-state index >= 15 is 0 Å². The molecule has 0 unspecified atom stereocenters. The SMILES string of the molecule is CC(C)(C)c1cccc(CC(=N)N)c1. The van der Waals surface area contributed by atoms with E-state index in [1.54, 1.807) is 0 Å². The fourth-order valence-corrected chi connectivity index (χ4v) is 1.37. The Kier molecular flexibility index (Phi) is 2.94. The summed E-state index contributed by atoms with van der Waals surface area (Å²) < 4.78 is 0. The Hall–Kier alpha value is -1.31. The highest BCUT2D eigenvalue weighted by atomic mass is 14.7. The lowest BCUT2D eigenvalue weighted by Crippen LogP contribution is -2.15. The molecule has 0 amide bonds. The van der Waals surface area contributed by atoms with E-state index < -0.39 is 0 Å². The minimum Gasteiger partial charge on any atom is -0.387 e. The summed E-state index contributed by atoms with van der Waals surface area (Å²) in [6, 6.07) is 8.28. The van der Waals surface area contributed by atoms with Crippen LogP contribution in [0.15, 0.2) is 24.3 Å². The van der Waals surface area contributed by atoms with Crippen LogP contribution in [0.1, 0.15) is 31.9 Å². The lowest BCUT2D eigenvalue weighted by atomic mass is 9.86. The van der Waals surface area contributed by atoms with Crippen LogP contribution in [0.5, 0.6) is 0 Å². The molecule has 0 atom stereocenters. The Morgan fingerprint density at radius 1 is 1.36 bits per heavy atom. The molecule has 0 aliphatic rings. The lowest BCUT2D eigenvalue weighted by Gasteiger charge is -2.19. The van der Waals surface area contributed by atoms with E-state index in [0.29, 0.717) is 6.42 Å². The van der Waals surface area contributed by atoms with E-state index in [9.17, 15) is 0 Å². The number of amidine groups is 1. The normalized spacial score (nSPS) is 11.4. The van der Waals surface area contributed by atoms with Gasteiger partial charge in [0.25, 0.3) is 0 Å². The number of nitrogens with one attached hydrogen (secondary N) is 1. The zero-order chi connectivity index (χ0) is 10.8. The average Bonchev–Trinajstić information content (AvgIpc) is 2.01. The Morgan fingerprint density at radius 2 is 2.00 bits per heavy atom. The summed E-state index contributed by atoms with van der Waals surface area (Å²) in [4.78, 5) is 0. The fraction of sp³-hybridized carbons (Fsp3) is 0.417. The predicted molar refractivity (Wildman–Crippen MR) is 60.8 cm³/mol. The highest BCUT2D eigenvalue weighted by Gasteiger charge is 2.13. The highest BCUT2D eigenvalue weighted by molar-refractivity contribution is 5.79. The quantitative estimate of drug-likeness (QED) is 0.546. The van der Waals surface area contributed by atoms with Gasteiger partial charge in [-0.2, -0.15) is 0 Å². The summed E-state index contributed by atoms with van der Waals surface area (Å²) in [5.41, 5.74) is 7.93. The maximum atomic E-state index is 7.24. The van der Waals surface area contributed by atoms with Crippen LogP contribution in [0.25, 0.3) is 0 Å². The van der Waals surface area contributed by atoms with Gasteiger partial charge in [-0.1, -0.05) is 45.0 Å². The molecule has 0 saturated carbocycles. The number of nitrogens with two attached hydrogens (primary N) is 1. The van der Waals surface area contributed by atoms with E-state index in [1.807, 2.05) is 12.1 Å². The summed E-state index contributed by atoms with van der Waals surface area (Å²) in [5.74, 6) is 0.219. The van der Waals surface area contributed by atoms with Gasteiger partial charge in [0.05, 0.1) is 5.84 Å². The van der Waals surface area contributed by atoms with Crippen molar-refractivity contribution in [3.63, 3.8) is 0 Å². The second-order valence-corrected chi connectivity index (χ2v) is 4.65. The summed E-state index contributed by atoms with van der Waals surface area (Å²) in [7, 11) is 0. The van der Waals surface area contributed by atoms with Crippen LogP contribution >= 0.6 is 0 Å². The third-order valence-corrected chi connectivity index (χ3v) is 2.19. The molecule has 0 aromatic heterocycles. The smallest absolute Gasteiger partial charge is 0.0950 e. The van der Waals surface area contributed by atoms with Gasteiger partial charge in [-0.15, -0.1) is 0 Å². The molecule has 1 aromatic rings. The van der Waals surface area contributed by atoms with Gasteiger partial charge in [-0.25, -0.2) is 0 Å². The molecule has 0 aliphatic heterocycles. The van der Waals surface area contributed by atoms with Crippen LogP contribution in [-0.2, 0) is 11.8 Å². The minimum atomic E-state index is 0.160. The number of rotatable bonds is 2. The maximum absolute atomic E-state index is 7.24. The number of benzene rings is 1. The van der Waals surface area contributed by atoms with Gasteiger partial charge in [-0.3, -0.25) is 5.41 Å². The summed E-state index contributed by atoms with van der Waals surface area (Å²) >= 11 is 0. The molecule has 14 heavy (non-hydrogen) atoms. The topological polar surface area (TPSA) is 49.9 Å². The van der Waals surface area contributed by atoms with E-state index in [-0.39, 0.29) is 11.3 Å². The van der Waals surface area contributed by atoms with Gasteiger partial charge in [-0.05, 0) is 16.5 Å². The van der Waals surface area contributed by atoms with Crippen LogP contribution in [0.4, 0.5) is 0 Å². The molecule has 3 N–H and O–H groups in total. The van der Waals surface area contributed by atoms with E-state index in [1.165, 1.54) is 5.56 Å². The van der Waals surface area contributed by atoms with Gasteiger partial charge < -0.3 is 5.73 Å². The fourth-order valence-electron chi connectivity index (χ4n) is 1.37. The van der Waals surface area contributed by atoms with Crippen molar-refractivity contribution in [3.8, 4) is 0 Å². The van der Waals surface area contributed by atoms with Crippen molar-refractivity contribution < 1.29 is 0 Å². The molecule has 1 aromatic carbocycles. The van der Waals surface area contributed by atoms with Gasteiger partial charge in [0.1, 0.15) is 0 Å². The molecule has 2 nitrogen and oxygen atoms in total. The zero-order valence-electron chi connectivity index (χ0n) is 9.09. The van der Waals surface area contributed by atoms with Crippen LogP contribution in [0, 0.1) is 5.41 Å². The van der Waals surface area contributed by atoms with Crippen molar-refractivity contribution in [1.82, 2.24) is 0 Å². The molecule has 0 spiro atoms. The minimum absolute atomic E-state index is 0.160. The van der Waals surface area contributed by atoms with E-state index in [4.69, 9.17) is 11.1 Å². The Labute approximate surface area is 85.6 Å². The first kappa shape index (κ1) is 10.8. The predicted octanol–water partition coefficient (Wildman–Crippen LogP) is 2.46. The van der Waals surface area contributed by atoms with Crippen molar-refractivity contribution in [2.24, 2.45) is 5.73 Å². The second kappa shape index (κ2) is 3.82. The molecule has 0 aliphatic carbocycles. The zero-order valence-corrected chi connectivity index (χ0v) is 9.09. The average molecular weight is 190 g/mol. The van der Waals surface area contributed by atoms with Crippen LogP contribution in [0.2, 0.25) is 0 Å². The molecular weight excluding hydrogens is 172 g/mol. The van der Waals surface area contributed by atoms with Crippen LogP contribution in [-0.4, -0.2) is 5.84 Å². The maximum Gasteiger partial charge on any atom is 0.0950 e. The van der Waals surface area contributed by atoms with Crippen molar-refractivity contribution in [1.29, 1.82) is 5.41 Å². The van der Waals surface area contributed by atoms with Crippen LogP contribution < -0.4 is 5.73 Å². The standard InChI is InChI=1S/C12H18N2/c1-12(2,3)10-6-4-5-9(7-10)8-11(13)14/h4-7H,8H2,1-3H3,(H3,13,14). The third kappa shape index (κ3) is 2.87. The second-order valence-electron chi connectivity index (χ2n) is 4.65. The molecule has 0 bridgehead atoms. The first-order chi connectivity index (χ1) is 6.39. The molecule has 0 radical (unpaired) electrons. The Bertz CT molecular complexity index is 334. The van der Waals surface area contributed by atoms with Gasteiger partial charge in [0.15, 0.2) is 0 Å². The highest BCUT2D eigenvalue weighted by Crippen LogP contribution is 2.22. The summed E-state index contributed by atoms with van der Waals surface area (Å²) in [6.07, 6.45) is 0.546. The molecule has 76 valence electrons. The molecule has 0 fully saturated rings. The molecule has 1 rings (SSSR count). The summed E-state index contributed by atoms with van der Waals surface area (Å²) in [5, 5.41) is 7.24. The lowest BCUT2D eigenvalue weighted by molar-refractivity contribution is 0.589. The van der Waals surface area contributed by atoms with E-state index in [0.717, 1.165) is 5.56 Å². The summed E-state index contributed by atoms with van der Waals surface area (Å²) in [6.45, 7) is 6.54. The van der Waals surface area contributed by atoms with Gasteiger partial charge >= 0.3 is 0 Å². The molecule has 0 heterocycles. The Morgan fingerprint density at radius 3 is 2.50 bits per heavy atom. The number of hydrogen-bond acceptors (Lipinski definition) is 1. The molecule has 2 heteroatoms. The first-order valence-electron chi connectivity index (χ1n) is 4.82. The van der Waals surface area contributed by atoms with Gasteiger partial charge in [0, 0.05) is 6.42 Å². The van der Waals surface area contributed by atoms with Crippen molar-refractivity contribution in [2.75, 3.05) is 0 Å². The first-order valence-corrected chi connectivity index (χ1v) is 4.82. The molecule has 0 saturated heterocycles. The monoisotopic (exact) mass is 190 g/mol. The van der Waals surface area contributed by atoms with Crippen molar-refractivity contribution in [2.45, 2.75) is 32.6 Å². The number of hydrogen-bond donors (Lipinski definition) is 2. The molecular formula is C12H18N2. The largest absolute Gasteiger partial charge is 0.387 e. The van der Waals surface area contributed by atoms with Gasteiger partial charge in [0.2, 0.25) is 0 Å². The third-order valence-electron chi connectivity index (χ3n) is 2.19. The van der Waals surface area contributed by atoms with Crippen LogP contribution in [0.3, 0.4) is 0 Å². The van der Waals surface area contributed by atoms with E-state index in [2.05, 4.69) is 32.9 Å². The van der Waals surface area contributed by atoms with Crippen molar-refractivity contribution >= 4 is 5.84 Å². The Balaban J connectivity index is 2.95. The van der Waals surface area contributed by atoms with Crippen molar-refractivity contribution in [3.05, 3.63) is 35.4 Å².